The minimum Gasteiger partial charge on any atom is -1.00 e. The molecule has 0 aromatic rings. The van der Waals surface area contributed by atoms with Crippen LogP contribution in [0.2, 0.25) is 0 Å². The molecule has 26 valence electrons. The molecule has 0 bridgehead atoms. The molecular weight excluding hydrogens is 78.0 g/mol. The molecule has 0 spiro atoms. The summed E-state index contributed by atoms with van der Waals surface area (Å²) in [5.74, 6) is 0. The van der Waals surface area contributed by atoms with Gasteiger partial charge in [0.2, 0.25) is 0 Å². The van der Waals surface area contributed by atoms with Crippen LogP contribution in [-0.4, -0.2) is 0 Å². The van der Waals surface area contributed by atoms with Crippen molar-refractivity contribution in [3.05, 3.63) is 12.4 Å². The summed E-state index contributed by atoms with van der Waals surface area (Å²) in [7, 11) is 0. The molecule has 0 aliphatic carbocycles. The van der Waals surface area contributed by atoms with Crippen LogP contribution in [0, 0.1) is 0 Å². The van der Waals surface area contributed by atoms with Crippen molar-refractivity contribution in [1.29, 1.82) is 0 Å². The van der Waals surface area contributed by atoms with Crippen LogP contribution in [0.3, 0.4) is 0 Å². The summed E-state index contributed by atoms with van der Waals surface area (Å²) in [6.07, 6.45) is 1.83. The van der Waals surface area contributed by atoms with Crippen molar-refractivity contribution >= 4 is 0 Å². The maximum absolute atomic E-state index is 10.5. The Bertz CT molecular complexity index is 26.0. The van der Waals surface area contributed by atoms with Crippen molar-refractivity contribution in [3.63, 3.8) is 0 Å². The van der Waals surface area contributed by atoms with E-state index in [1.165, 1.54) is 6.08 Å². The number of halogens is 1. The van der Waals surface area contributed by atoms with Gasteiger partial charge in [-0.15, -0.1) is 0 Å². The van der Waals surface area contributed by atoms with Crippen LogP contribution in [-0.2, 0) is 0 Å². The maximum atomic E-state index is 10.5. The molecule has 0 aliphatic rings. The molecule has 0 rings (SSSR count). The van der Waals surface area contributed by atoms with Crippen LogP contribution in [0.1, 0.15) is 8.35 Å². The molecule has 0 aromatic carbocycles. The van der Waals surface area contributed by atoms with Crippen molar-refractivity contribution in [2.24, 2.45) is 0 Å². The van der Waals surface area contributed by atoms with E-state index in [1.54, 1.807) is 6.92 Å². The quantitative estimate of drug-likeness (QED) is 0.317. The average Bonchev–Trinajstić information content (AvgIpc) is 1.37. The van der Waals surface area contributed by atoms with E-state index in [9.17, 15) is 4.39 Å². The zero-order valence-electron chi connectivity index (χ0n) is 4.53. The molecule has 0 aromatic heterocycles. The Labute approximate surface area is 54.8 Å². The molecule has 0 aliphatic heterocycles. The summed E-state index contributed by atoms with van der Waals surface area (Å²) in [5.41, 5.74) is 0. The Hall–Kier alpha value is 0.670. The predicted molar refractivity (Wildman–Crippen MR) is 17.0 cm³/mol. The molecular formula is C3H6FNa. The third kappa shape index (κ3) is 11.9. The molecule has 0 unspecified atom stereocenters. The van der Waals surface area contributed by atoms with E-state index in [-0.39, 0.29) is 31.0 Å². The van der Waals surface area contributed by atoms with Crippen LogP contribution in [0.15, 0.2) is 12.4 Å². The van der Waals surface area contributed by atoms with E-state index in [0.717, 1.165) is 0 Å². The Morgan fingerprint density at radius 1 is 1.80 bits per heavy atom. The van der Waals surface area contributed by atoms with Gasteiger partial charge in [0, 0.05) is 0 Å². The molecule has 0 fully saturated rings. The number of allylic oxidation sites excluding steroid dienone is 1. The van der Waals surface area contributed by atoms with E-state index in [4.69, 9.17) is 0 Å². The van der Waals surface area contributed by atoms with E-state index in [0.29, 0.717) is 6.33 Å². The molecule has 0 heterocycles. The van der Waals surface area contributed by atoms with Crippen LogP contribution in [0.5, 0.6) is 0 Å². The second-order valence-corrected chi connectivity index (χ2v) is 0.459. The summed E-state index contributed by atoms with van der Waals surface area (Å²) in [6.45, 7) is 1.62. The summed E-state index contributed by atoms with van der Waals surface area (Å²) in [4.78, 5) is 0. The van der Waals surface area contributed by atoms with Crippen molar-refractivity contribution in [3.8, 4) is 0 Å². The third-order valence-corrected chi connectivity index (χ3v) is 0.126. The first-order chi connectivity index (χ1) is 1.91. The van der Waals surface area contributed by atoms with E-state index < -0.39 is 0 Å². The van der Waals surface area contributed by atoms with Crippen LogP contribution in [0.4, 0.5) is 4.39 Å². The van der Waals surface area contributed by atoms with Gasteiger partial charge in [-0.2, -0.15) is 0 Å². The Balaban J connectivity index is -0.0000000450. The summed E-state index contributed by atoms with van der Waals surface area (Å²) < 4.78 is 10.5. The Morgan fingerprint density at radius 3 is 2.00 bits per heavy atom. The van der Waals surface area contributed by atoms with Gasteiger partial charge >= 0.3 is 29.6 Å². The summed E-state index contributed by atoms with van der Waals surface area (Å²) in [6, 6.07) is 0. The van der Waals surface area contributed by atoms with Gasteiger partial charge in [-0.1, -0.05) is 6.08 Å². The summed E-state index contributed by atoms with van der Waals surface area (Å²) in [5, 5.41) is 0. The Kier molecular flexibility index (Phi) is 16.2. The maximum Gasteiger partial charge on any atom is 1.00 e. The van der Waals surface area contributed by atoms with Gasteiger partial charge in [-0.05, 0) is 6.92 Å². The largest absolute Gasteiger partial charge is 1.00 e. The first-order valence-electron chi connectivity index (χ1n) is 1.13. The molecule has 0 atom stereocenters. The average molecular weight is 84.1 g/mol. The number of hydrogen-bond donors (Lipinski definition) is 0. The van der Waals surface area contributed by atoms with Crippen molar-refractivity contribution in [1.82, 2.24) is 0 Å². The first-order valence-corrected chi connectivity index (χ1v) is 1.13. The smallest absolute Gasteiger partial charge is 1.00 e. The molecule has 0 saturated carbocycles. The van der Waals surface area contributed by atoms with E-state index in [1.807, 2.05) is 0 Å². The molecule has 0 amide bonds. The molecule has 0 N–H and O–H groups in total. The number of rotatable bonds is 0. The first kappa shape index (κ1) is 9.18. The molecule has 0 nitrogen and oxygen atoms in total. The fourth-order valence-corrected chi connectivity index (χ4v) is 0. The van der Waals surface area contributed by atoms with Gasteiger partial charge in [-0.3, -0.25) is 0 Å². The van der Waals surface area contributed by atoms with Crippen molar-refractivity contribution in [2.45, 2.75) is 6.92 Å². The predicted octanol–water partition coefficient (Wildman–Crippen LogP) is -1.39. The van der Waals surface area contributed by atoms with Gasteiger partial charge in [0.1, 0.15) is 0 Å². The van der Waals surface area contributed by atoms with E-state index >= 15 is 0 Å². The minimum atomic E-state index is 0. The molecule has 0 saturated heterocycles. The fraction of sp³-hybridized carbons (Fsp3) is 0.333. The van der Waals surface area contributed by atoms with Crippen LogP contribution >= 0.6 is 0 Å². The van der Waals surface area contributed by atoms with Crippen LogP contribution in [0.25, 0.3) is 0 Å². The monoisotopic (exact) mass is 84.0 g/mol. The van der Waals surface area contributed by atoms with Crippen molar-refractivity contribution in [2.75, 3.05) is 0 Å². The van der Waals surface area contributed by atoms with Gasteiger partial charge in [0.25, 0.3) is 0 Å². The van der Waals surface area contributed by atoms with Gasteiger partial charge in [0.05, 0.1) is 6.33 Å². The Morgan fingerprint density at radius 2 is 2.00 bits per heavy atom. The normalized spacial score (nSPS) is 7.60. The van der Waals surface area contributed by atoms with Gasteiger partial charge < -0.3 is 1.43 Å². The van der Waals surface area contributed by atoms with Crippen molar-refractivity contribution < 1.29 is 35.4 Å². The number of hydrogen-bond acceptors (Lipinski definition) is 0. The SMILES string of the molecule is CC=CF.[H-].[Na+]. The van der Waals surface area contributed by atoms with Gasteiger partial charge in [0.15, 0.2) is 0 Å². The summed E-state index contributed by atoms with van der Waals surface area (Å²) >= 11 is 0. The molecule has 0 radical (unpaired) electrons. The van der Waals surface area contributed by atoms with Gasteiger partial charge in [-0.25, -0.2) is 4.39 Å². The molecule has 5 heavy (non-hydrogen) atoms. The standard InChI is InChI=1S/C3H5F.Na.H/c1-2-3-4;;/h2-3H,1H3;;/q;+1;-1. The fourth-order valence-electron chi connectivity index (χ4n) is 0. The zero-order chi connectivity index (χ0) is 3.41. The zero-order valence-corrected chi connectivity index (χ0v) is 5.53. The van der Waals surface area contributed by atoms with E-state index in [2.05, 4.69) is 0 Å². The second-order valence-electron chi connectivity index (χ2n) is 0.459. The second kappa shape index (κ2) is 8.82. The topological polar surface area (TPSA) is 0 Å². The van der Waals surface area contributed by atoms with Crippen LogP contribution < -0.4 is 29.6 Å². The minimum absolute atomic E-state index is 0. The molecule has 2 heteroatoms. The third-order valence-electron chi connectivity index (χ3n) is 0.126.